The van der Waals surface area contributed by atoms with Gasteiger partial charge in [-0.3, -0.25) is 4.79 Å². The van der Waals surface area contributed by atoms with Crippen LogP contribution in [0.4, 0.5) is 0 Å². The van der Waals surface area contributed by atoms with Gasteiger partial charge in [-0.15, -0.1) is 0 Å². The molecule has 1 N–H and O–H groups in total. The SMILES string of the molecule is CCn1cc(C(=O)O)c(=O)c2ccc(-c3cc[n+]([O-])cc3)cc21. The molecule has 0 spiro atoms. The fourth-order valence-corrected chi connectivity index (χ4v) is 2.59. The van der Waals surface area contributed by atoms with E-state index in [4.69, 9.17) is 5.11 Å². The first-order chi connectivity index (χ1) is 11.0. The van der Waals surface area contributed by atoms with Crippen molar-refractivity contribution in [2.24, 2.45) is 0 Å². The van der Waals surface area contributed by atoms with Crippen molar-refractivity contribution in [3.8, 4) is 11.1 Å². The highest BCUT2D eigenvalue weighted by Crippen LogP contribution is 2.23. The van der Waals surface area contributed by atoms with E-state index in [1.807, 2.05) is 13.0 Å². The Kier molecular flexibility index (Phi) is 3.57. The minimum atomic E-state index is -1.23. The van der Waals surface area contributed by atoms with E-state index in [9.17, 15) is 14.8 Å². The van der Waals surface area contributed by atoms with Gasteiger partial charge in [0, 0.05) is 30.3 Å². The van der Waals surface area contributed by atoms with Gasteiger partial charge in [-0.25, -0.2) is 4.79 Å². The molecule has 0 aliphatic heterocycles. The monoisotopic (exact) mass is 310 g/mol. The lowest BCUT2D eigenvalue weighted by Gasteiger charge is -2.11. The van der Waals surface area contributed by atoms with Crippen LogP contribution in [-0.4, -0.2) is 15.6 Å². The maximum atomic E-state index is 12.3. The number of carbonyl (C=O) groups is 1. The highest BCUT2D eigenvalue weighted by atomic mass is 16.5. The Morgan fingerprint density at radius 3 is 2.52 bits per heavy atom. The normalized spacial score (nSPS) is 10.8. The zero-order valence-electron chi connectivity index (χ0n) is 12.4. The first-order valence-electron chi connectivity index (χ1n) is 7.11. The van der Waals surface area contributed by atoms with Gasteiger partial charge < -0.3 is 14.9 Å². The third-order valence-electron chi connectivity index (χ3n) is 3.79. The molecule has 0 saturated heterocycles. The van der Waals surface area contributed by atoms with Crippen molar-refractivity contribution >= 4 is 16.9 Å². The van der Waals surface area contributed by atoms with Crippen molar-refractivity contribution < 1.29 is 14.6 Å². The van der Waals surface area contributed by atoms with Gasteiger partial charge in [-0.1, -0.05) is 6.07 Å². The molecule has 0 fully saturated rings. The zero-order valence-corrected chi connectivity index (χ0v) is 12.4. The third-order valence-corrected chi connectivity index (χ3v) is 3.79. The molecule has 0 amide bonds. The lowest BCUT2D eigenvalue weighted by atomic mass is 10.0. The summed E-state index contributed by atoms with van der Waals surface area (Å²) in [5.74, 6) is -1.23. The van der Waals surface area contributed by atoms with Gasteiger partial charge in [0.2, 0.25) is 5.43 Å². The van der Waals surface area contributed by atoms with Crippen molar-refractivity contribution in [3.63, 3.8) is 0 Å². The summed E-state index contributed by atoms with van der Waals surface area (Å²) in [4.78, 5) is 23.5. The number of aromatic carboxylic acids is 1. The maximum absolute atomic E-state index is 12.3. The van der Waals surface area contributed by atoms with Crippen LogP contribution in [0, 0.1) is 5.21 Å². The number of aryl methyl sites for hydroxylation is 1. The summed E-state index contributed by atoms with van der Waals surface area (Å²) >= 11 is 0. The molecular weight excluding hydrogens is 296 g/mol. The van der Waals surface area contributed by atoms with Crippen LogP contribution < -0.4 is 10.2 Å². The summed E-state index contributed by atoms with van der Waals surface area (Å²) in [7, 11) is 0. The van der Waals surface area contributed by atoms with E-state index in [0.717, 1.165) is 11.1 Å². The number of fused-ring (bicyclic) bond motifs is 1. The molecule has 0 atom stereocenters. The fraction of sp³-hybridized carbons (Fsp3) is 0.118. The molecule has 3 aromatic rings. The lowest BCUT2D eigenvalue weighted by Crippen LogP contribution is -2.23. The molecule has 2 heterocycles. The lowest BCUT2D eigenvalue weighted by molar-refractivity contribution is -0.605. The van der Waals surface area contributed by atoms with Crippen molar-refractivity contribution in [2.75, 3.05) is 0 Å². The number of carboxylic acid groups (broad SMARTS) is 1. The molecule has 0 aliphatic rings. The van der Waals surface area contributed by atoms with Crippen LogP contribution in [0.2, 0.25) is 0 Å². The number of pyridine rings is 2. The Balaban J connectivity index is 2.27. The second-order valence-corrected chi connectivity index (χ2v) is 5.14. The van der Waals surface area contributed by atoms with E-state index in [-0.39, 0.29) is 5.56 Å². The summed E-state index contributed by atoms with van der Waals surface area (Å²) < 4.78 is 2.44. The average Bonchev–Trinajstić information content (AvgIpc) is 2.55. The summed E-state index contributed by atoms with van der Waals surface area (Å²) in [6, 6.07) is 8.59. The van der Waals surface area contributed by atoms with Gasteiger partial charge in [0.25, 0.3) is 0 Å². The van der Waals surface area contributed by atoms with Gasteiger partial charge in [-0.2, -0.15) is 4.73 Å². The van der Waals surface area contributed by atoms with Gasteiger partial charge in [0.15, 0.2) is 12.4 Å². The van der Waals surface area contributed by atoms with E-state index in [1.165, 1.54) is 18.6 Å². The van der Waals surface area contributed by atoms with E-state index in [0.29, 0.717) is 22.2 Å². The predicted octanol–water partition coefficient (Wildman–Crippen LogP) is 2.02. The topological polar surface area (TPSA) is 86.2 Å². The minimum absolute atomic E-state index is 0.237. The van der Waals surface area contributed by atoms with Crippen LogP contribution in [0.1, 0.15) is 17.3 Å². The first kappa shape index (κ1) is 14.8. The molecule has 0 radical (unpaired) electrons. The molecular formula is C17H14N2O4. The summed E-state index contributed by atoms with van der Waals surface area (Å²) in [5, 5.41) is 20.7. The maximum Gasteiger partial charge on any atom is 0.341 e. The highest BCUT2D eigenvalue weighted by molar-refractivity contribution is 5.93. The molecule has 6 heteroatoms. The molecule has 0 aliphatic carbocycles. The third kappa shape index (κ3) is 2.55. The number of aromatic nitrogens is 2. The number of rotatable bonds is 3. The van der Waals surface area contributed by atoms with Crippen molar-refractivity contribution in [1.29, 1.82) is 0 Å². The molecule has 2 aromatic heterocycles. The fourth-order valence-electron chi connectivity index (χ4n) is 2.59. The Bertz CT molecular complexity index is 959. The summed E-state index contributed by atoms with van der Waals surface area (Å²) in [6.07, 6.45) is 4.17. The minimum Gasteiger partial charge on any atom is -0.619 e. The molecule has 6 nitrogen and oxygen atoms in total. The molecule has 0 saturated carbocycles. The van der Waals surface area contributed by atoms with Crippen molar-refractivity contribution in [2.45, 2.75) is 13.5 Å². The molecule has 3 rings (SSSR count). The second-order valence-electron chi connectivity index (χ2n) is 5.14. The van der Waals surface area contributed by atoms with E-state index in [2.05, 4.69) is 0 Å². The van der Waals surface area contributed by atoms with Gasteiger partial charge in [0.1, 0.15) is 5.56 Å². The van der Waals surface area contributed by atoms with Gasteiger partial charge >= 0.3 is 5.97 Å². The van der Waals surface area contributed by atoms with Gasteiger partial charge in [0.05, 0.1) is 5.52 Å². The number of benzene rings is 1. The van der Waals surface area contributed by atoms with Crippen LogP contribution in [0.3, 0.4) is 0 Å². The Morgan fingerprint density at radius 2 is 1.91 bits per heavy atom. The zero-order chi connectivity index (χ0) is 16.6. The molecule has 0 unspecified atom stereocenters. The Morgan fingerprint density at radius 1 is 1.22 bits per heavy atom. The largest absolute Gasteiger partial charge is 0.619 e. The van der Waals surface area contributed by atoms with E-state index >= 15 is 0 Å². The standard InChI is InChI=1S/C17H14N2O4/c1-2-18-10-14(17(21)22)16(20)13-4-3-12(9-15(13)18)11-5-7-19(23)8-6-11/h3-10H,2H2,1H3,(H,21,22). The number of carboxylic acids is 1. The number of hydrogen-bond donors (Lipinski definition) is 1. The van der Waals surface area contributed by atoms with Crippen molar-refractivity contribution in [3.05, 3.63) is 69.9 Å². The summed E-state index contributed by atoms with van der Waals surface area (Å²) in [6.45, 7) is 2.42. The van der Waals surface area contributed by atoms with Crippen LogP contribution in [-0.2, 0) is 6.54 Å². The number of nitrogens with zero attached hydrogens (tertiary/aromatic N) is 2. The average molecular weight is 310 g/mol. The van der Waals surface area contributed by atoms with Crippen molar-refractivity contribution in [1.82, 2.24) is 4.57 Å². The second kappa shape index (κ2) is 5.57. The molecule has 0 bridgehead atoms. The van der Waals surface area contributed by atoms with E-state index < -0.39 is 11.4 Å². The Labute approximate surface area is 131 Å². The molecule has 116 valence electrons. The highest BCUT2D eigenvalue weighted by Gasteiger charge is 2.14. The quantitative estimate of drug-likeness (QED) is 0.592. The van der Waals surface area contributed by atoms with Crippen LogP contribution in [0.5, 0.6) is 0 Å². The van der Waals surface area contributed by atoms with Crippen LogP contribution in [0.15, 0.2) is 53.7 Å². The molecule has 1 aromatic carbocycles. The molecule has 23 heavy (non-hydrogen) atoms. The Hall–Kier alpha value is -3.15. The smallest absolute Gasteiger partial charge is 0.341 e. The van der Waals surface area contributed by atoms with E-state index in [1.54, 1.807) is 28.8 Å². The van der Waals surface area contributed by atoms with Crippen LogP contribution >= 0.6 is 0 Å². The van der Waals surface area contributed by atoms with Crippen LogP contribution in [0.25, 0.3) is 22.0 Å². The van der Waals surface area contributed by atoms with Gasteiger partial charge in [-0.05, 0) is 30.2 Å². The number of hydrogen-bond acceptors (Lipinski definition) is 3. The predicted molar refractivity (Wildman–Crippen MR) is 85.2 cm³/mol. The summed E-state index contributed by atoms with van der Waals surface area (Å²) in [5.41, 5.74) is 1.63. The first-order valence-corrected chi connectivity index (χ1v) is 7.11.